The van der Waals surface area contributed by atoms with Crippen LogP contribution in [0.25, 0.3) is 0 Å². The normalized spacial score (nSPS) is 10.8. The number of likely N-dealkylation sites (N-methyl/N-ethyl adjacent to an activating group) is 1. The van der Waals surface area contributed by atoms with Crippen LogP contribution >= 0.6 is 0 Å². The lowest BCUT2D eigenvalue weighted by Crippen LogP contribution is -2.40. The van der Waals surface area contributed by atoms with Crippen molar-refractivity contribution in [3.05, 3.63) is 65.7 Å². The molecule has 0 saturated heterocycles. The molecule has 0 bridgehead atoms. The predicted octanol–water partition coefficient (Wildman–Crippen LogP) is 3.87. The Bertz CT molecular complexity index is 603. The Morgan fingerprint density at radius 2 is 1.52 bits per heavy atom. The maximum atomic E-state index is 12.8. The first-order valence-electron chi connectivity index (χ1n) is 8.27. The van der Waals surface area contributed by atoms with E-state index in [-0.39, 0.29) is 5.91 Å². The number of carbonyl (C=O) groups excluding carboxylic acids is 1. The van der Waals surface area contributed by atoms with Gasteiger partial charge in [-0.2, -0.15) is 0 Å². The molecule has 0 aromatic heterocycles. The zero-order valence-corrected chi connectivity index (χ0v) is 14.3. The highest BCUT2D eigenvalue weighted by atomic mass is 16.2. The number of rotatable bonds is 7. The summed E-state index contributed by atoms with van der Waals surface area (Å²) < 4.78 is 0. The van der Waals surface area contributed by atoms with Gasteiger partial charge in [0.1, 0.15) is 0 Å². The van der Waals surface area contributed by atoms with Crippen LogP contribution < -0.4 is 4.90 Å². The summed E-state index contributed by atoms with van der Waals surface area (Å²) in [6.45, 7) is 9.06. The first kappa shape index (κ1) is 17.2. The van der Waals surface area contributed by atoms with Gasteiger partial charge in [-0.05, 0) is 37.7 Å². The summed E-state index contributed by atoms with van der Waals surface area (Å²) in [6.07, 6.45) is 0. The Hall–Kier alpha value is -2.13. The number of benzene rings is 2. The Kier molecular flexibility index (Phi) is 6.36. The molecule has 0 atom stereocenters. The molecule has 0 aliphatic carbocycles. The first-order chi connectivity index (χ1) is 11.1. The molecule has 3 nitrogen and oxygen atoms in total. The van der Waals surface area contributed by atoms with Gasteiger partial charge >= 0.3 is 0 Å². The fraction of sp³-hybridized carbons (Fsp3) is 0.350. The SMILES string of the molecule is CCN(CC)CC(=O)N(Cc1ccccc1)c1ccc(C)cc1. The largest absolute Gasteiger partial charge is 0.307 e. The maximum absolute atomic E-state index is 12.8. The molecular weight excluding hydrogens is 284 g/mol. The van der Waals surface area contributed by atoms with E-state index in [1.54, 1.807) is 0 Å². The molecule has 0 aliphatic rings. The third-order valence-electron chi connectivity index (χ3n) is 4.08. The van der Waals surface area contributed by atoms with Gasteiger partial charge in [0.15, 0.2) is 0 Å². The summed E-state index contributed by atoms with van der Waals surface area (Å²) in [6, 6.07) is 18.3. The molecule has 2 aromatic carbocycles. The van der Waals surface area contributed by atoms with E-state index in [1.165, 1.54) is 5.56 Å². The Balaban J connectivity index is 2.23. The summed E-state index contributed by atoms with van der Waals surface area (Å²) in [5.41, 5.74) is 3.29. The third kappa shape index (κ3) is 4.93. The molecular formula is C20H26N2O. The van der Waals surface area contributed by atoms with Gasteiger partial charge in [-0.1, -0.05) is 61.9 Å². The summed E-state index contributed by atoms with van der Waals surface area (Å²) in [5.74, 6) is 0.140. The monoisotopic (exact) mass is 310 g/mol. The molecule has 2 rings (SSSR count). The van der Waals surface area contributed by atoms with Crippen LogP contribution in [0.1, 0.15) is 25.0 Å². The van der Waals surface area contributed by atoms with Gasteiger partial charge < -0.3 is 4.90 Å². The molecule has 0 spiro atoms. The molecule has 3 heteroatoms. The van der Waals surface area contributed by atoms with Gasteiger partial charge in [-0.15, -0.1) is 0 Å². The van der Waals surface area contributed by atoms with Gasteiger partial charge in [0.25, 0.3) is 0 Å². The van der Waals surface area contributed by atoms with Gasteiger partial charge in [-0.3, -0.25) is 9.69 Å². The van der Waals surface area contributed by atoms with E-state index in [4.69, 9.17) is 0 Å². The quantitative estimate of drug-likeness (QED) is 0.775. The first-order valence-corrected chi connectivity index (χ1v) is 8.27. The second kappa shape index (κ2) is 8.49. The van der Waals surface area contributed by atoms with Crippen LogP contribution in [0.2, 0.25) is 0 Å². The van der Waals surface area contributed by atoms with Crippen LogP contribution in [0.4, 0.5) is 5.69 Å². The van der Waals surface area contributed by atoms with Crippen molar-refractivity contribution in [2.45, 2.75) is 27.3 Å². The molecule has 0 radical (unpaired) electrons. The number of carbonyl (C=O) groups is 1. The van der Waals surface area contributed by atoms with Crippen LogP contribution in [-0.4, -0.2) is 30.4 Å². The molecule has 0 N–H and O–H groups in total. The Morgan fingerprint density at radius 1 is 0.913 bits per heavy atom. The summed E-state index contributed by atoms with van der Waals surface area (Å²) in [4.78, 5) is 16.9. The molecule has 2 aromatic rings. The summed E-state index contributed by atoms with van der Waals surface area (Å²) in [7, 11) is 0. The van der Waals surface area contributed by atoms with Crippen molar-refractivity contribution in [2.75, 3.05) is 24.5 Å². The average Bonchev–Trinajstić information content (AvgIpc) is 2.59. The lowest BCUT2D eigenvalue weighted by molar-refractivity contribution is -0.119. The minimum Gasteiger partial charge on any atom is -0.307 e. The smallest absolute Gasteiger partial charge is 0.241 e. The molecule has 1 amide bonds. The van der Waals surface area contributed by atoms with Crippen molar-refractivity contribution < 1.29 is 4.79 Å². The second-order valence-corrected chi connectivity index (χ2v) is 5.76. The van der Waals surface area contributed by atoms with Gasteiger partial charge in [0, 0.05) is 5.69 Å². The molecule has 122 valence electrons. The third-order valence-corrected chi connectivity index (χ3v) is 4.08. The van der Waals surface area contributed by atoms with E-state index < -0.39 is 0 Å². The van der Waals surface area contributed by atoms with Crippen molar-refractivity contribution in [2.24, 2.45) is 0 Å². The molecule has 0 aliphatic heterocycles. The fourth-order valence-electron chi connectivity index (χ4n) is 2.54. The molecule has 23 heavy (non-hydrogen) atoms. The average molecular weight is 310 g/mol. The molecule has 0 fully saturated rings. The minimum absolute atomic E-state index is 0.140. The van der Waals surface area contributed by atoms with E-state index in [0.29, 0.717) is 13.1 Å². The highest BCUT2D eigenvalue weighted by molar-refractivity contribution is 5.94. The standard InChI is InChI=1S/C20H26N2O/c1-4-21(5-2)16-20(23)22(15-18-9-7-6-8-10-18)19-13-11-17(3)12-14-19/h6-14H,4-5,15-16H2,1-3H3. The minimum atomic E-state index is 0.140. The summed E-state index contributed by atoms with van der Waals surface area (Å²) in [5, 5.41) is 0. The fourth-order valence-corrected chi connectivity index (χ4v) is 2.54. The van der Waals surface area contributed by atoms with Crippen molar-refractivity contribution >= 4 is 11.6 Å². The lowest BCUT2D eigenvalue weighted by atomic mass is 10.1. The van der Waals surface area contributed by atoms with Crippen LogP contribution in [0, 0.1) is 6.92 Å². The van der Waals surface area contributed by atoms with Gasteiger partial charge in [-0.25, -0.2) is 0 Å². The highest BCUT2D eigenvalue weighted by Crippen LogP contribution is 2.18. The molecule has 0 unspecified atom stereocenters. The number of aryl methyl sites for hydroxylation is 1. The predicted molar refractivity (Wildman–Crippen MR) is 96.6 cm³/mol. The molecule has 0 saturated carbocycles. The van der Waals surface area contributed by atoms with Gasteiger partial charge in [0.2, 0.25) is 5.91 Å². The van der Waals surface area contributed by atoms with Crippen molar-refractivity contribution in [1.82, 2.24) is 4.90 Å². The Labute approximate surface area is 139 Å². The van der Waals surface area contributed by atoms with Crippen LogP contribution in [-0.2, 0) is 11.3 Å². The Morgan fingerprint density at radius 3 is 2.09 bits per heavy atom. The maximum Gasteiger partial charge on any atom is 0.241 e. The van der Waals surface area contributed by atoms with Crippen molar-refractivity contribution in [1.29, 1.82) is 0 Å². The highest BCUT2D eigenvalue weighted by Gasteiger charge is 2.18. The van der Waals surface area contributed by atoms with E-state index in [2.05, 4.69) is 49.9 Å². The molecule has 0 heterocycles. The second-order valence-electron chi connectivity index (χ2n) is 5.76. The van der Waals surface area contributed by atoms with E-state index >= 15 is 0 Å². The van der Waals surface area contributed by atoms with Crippen LogP contribution in [0.5, 0.6) is 0 Å². The van der Waals surface area contributed by atoms with E-state index in [9.17, 15) is 4.79 Å². The summed E-state index contributed by atoms with van der Waals surface area (Å²) >= 11 is 0. The number of anilines is 1. The lowest BCUT2D eigenvalue weighted by Gasteiger charge is -2.26. The van der Waals surface area contributed by atoms with E-state index in [1.807, 2.05) is 35.2 Å². The zero-order valence-electron chi connectivity index (χ0n) is 14.3. The number of amides is 1. The van der Waals surface area contributed by atoms with Crippen LogP contribution in [0.15, 0.2) is 54.6 Å². The number of hydrogen-bond donors (Lipinski definition) is 0. The van der Waals surface area contributed by atoms with Crippen molar-refractivity contribution in [3.63, 3.8) is 0 Å². The van der Waals surface area contributed by atoms with Crippen LogP contribution in [0.3, 0.4) is 0 Å². The topological polar surface area (TPSA) is 23.6 Å². The number of nitrogens with zero attached hydrogens (tertiary/aromatic N) is 2. The van der Waals surface area contributed by atoms with Gasteiger partial charge in [0.05, 0.1) is 13.1 Å². The van der Waals surface area contributed by atoms with Crippen molar-refractivity contribution in [3.8, 4) is 0 Å². The number of hydrogen-bond acceptors (Lipinski definition) is 2. The van der Waals surface area contributed by atoms with E-state index in [0.717, 1.165) is 24.3 Å². The zero-order chi connectivity index (χ0) is 16.7.